The smallest absolute Gasteiger partial charge is 0.335 e. The average Bonchev–Trinajstić information content (AvgIpc) is 3.01. The molecule has 0 heterocycles. The molecule has 4 nitrogen and oxygen atoms in total. The number of carboxylic acids is 1. The first kappa shape index (κ1) is 16.5. The third kappa shape index (κ3) is 3.49. The Hall–Kier alpha value is -1.84. The Morgan fingerprint density at radius 3 is 2.23 bits per heavy atom. The number of aromatic carboxylic acids is 1. The van der Waals surface area contributed by atoms with Gasteiger partial charge in [0.05, 0.1) is 5.56 Å². The Balaban J connectivity index is 2.02. The summed E-state index contributed by atoms with van der Waals surface area (Å²) in [4.78, 5) is 25.4. The van der Waals surface area contributed by atoms with Gasteiger partial charge in [-0.05, 0) is 36.5 Å². The monoisotopic (exact) mass is 303 g/mol. The van der Waals surface area contributed by atoms with Gasteiger partial charge in [0.25, 0.3) is 0 Å². The van der Waals surface area contributed by atoms with E-state index < -0.39 is 5.97 Å². The summed E-state index contributed by atoms with van der Waals surface area (Å²) in [6.07, 6.45) is 4.73. The third-order valence-electron chi connectivity index (χ3n) is 4.89. The first-order valence-corrected chi connectivity index (χ1v) is 7.90. The minimum absolute atomic E-state index is 0.168. The van der Waals surface area contributed by atoms with Crippen LogP contribution in [-0.2, 0) is 11.3 Å². The molecule has 1 amide bonds. The maximum Gasteiger partial charge on any atom is 0.335 e. The number of hydrogen-bond donors (Lipinski definition) is 1. The lowest BCUT2D eigenvalue weighted by Crippen LogP contribution is -2.42. The molecule has 0 unspecified atom stereocenters. The lowest BCUT2D eigenvalue weighted by Gasteiger charge is -2.34. The van der Waals surface area contributed by atoms with Gasteiger partial charge in [0, 0.05) is 19.0 Å². The van der Waals surface area contributed by atoms with Gasteiger partial charge in [-0.2, -0.15) is 0 Å². The second kappa shape index (κ2) is 6.51. The number of nitrogens with zero attached hydrogens (tertiary/aromatic N) is 1. The van der Waals surface area contributed by atoms with Gasteiger partial charge in [0.1, 0.15) is 0 Å². The molecule has 1 saturated carbocycles. The highest BCUT2D eigenvalue weighted by Crippen LogP contribution is 2.40. The minimum atomic E-state index is -0.932. The van der Waals surface area contributed by atoms with Gasteiger partial charge in [0.15, 0.2) is 0 Å². The van der Waals surface area contributed by atoms with E-state index in [0.717, 1.165) is 18.4 Å². The quantitative estimate of drug-likeness (QED) is 0.905. The summed E-state index contributed by atoms with van der Waals surface area (Å²) in [6.45, 7) is 4.61. The summed E-state index contributed by atoms with van der Waals surface area (Å²) >= 11 is 0. The van der Waals surface area contributed by atoms with Crippen LogP contribution < -0.4 is 0 Å². The van der Waals surface area contributed by atoms with E-state index in [1.807, 2.05) is 7.05 Å². The molecule has 0 bridgehead atoms. The standard InChI is InChI=1S/C18H25NO3/c1-18(2,15-6-4-5-7-15)17(22)19(3)12-13-8-10-14(11-9-13)16(20)21/h8-11,15H,4-7,12H2,1-3H3,(H,20,21). The summed E-state index contributed by atoms with van der Waals surface area (Å²) in [5.74, 6) is -0.295. The average molecular weight is 303 g/mol. The number of benzene rings is 1. The fraction of sp³-hybridized carbons (Fsp3) is 0.556. The first-order valence-electron chi connectivity index (χ1n) is 7.90. The van der Waals surface area contributed by atoms with Crippen molar-refractivity contribution in [3.05, 3.63) is 35.4 Å². The van der Waals surface area contributed by atoms with Crippen molar-refractivity contribution in [3.63, 3.8) is 0 Å². The van der Waals surface area contributed by atoms with E-state index in [4.69, 9.17) is 5.11 Å². The van der Waals surface area contributed by atoms with Crippen LogP contribution in [0, 0.1) is 11.3 Å². The molecule has 0 atom stereocenters. The van der Waals surface area contributed by atoms with Gasteiger partial charge in [-0.25, -0.2) is 4.79 Å². The van der Waals surface area contributed by atoms with Crippen molar-refractivity contribution in [2.75, 3.05) is 7.05 Å². The van der Waals surface area contributed by atoms with Crippen molar-refractivity contribution < 1.29 is 14.7 Å². The highest BCUT2D eigenvalue weighted by molar-refractivity contribution is 5.87. The number of hydrogen-bond acceptors (Lipinski definition) is 2. The van der Waals surface area contributed by atoms with E-state index >= 15 is 0 Å². The van der Waals surface area contributed by atoms with E-state index in [1.54, 1.807) is 29.2 Å². The van der Waals surface area contributed by atoms with Crippen molar-refractivity contribution in [3.8, 4) is 0 Å². The third-order valence-corrected chi connectivity index (χ3v) is 4.89. The summed E-state index contributed by atoms with van der Waals surface area (Å²) < 4.78 is 0. The van der Waals surface area contributed by atoms with Crippen LogP contribution >= 0.6 is 0 Å². The van der Waals surface area contributed by atoms with E-state index in [0.29, 0.717) is 12.5 Å². The molecule has 120 valence electrons. The Bertz CT molecular complexity index is 542. The fourth-order valence-electron chi connectivity index (χ4n) is 3.41. The summed E-state index contributed by atoms with van der Waals surface area (Å²) in [5, 5.41) is 8.91. The molecule has 0 aliphatic heterocycles. The molecule has 1 fully saturated rings. The van der Waals surface area contributed by atoms with E-state index in [2.05, 4.69) is 13.8 Å². The molecule has 1 N–H and O–H groups in total. The number of rotatable bonds is 5. The number of carboxylic acid groups (broad SMARTS) is 1. The second-order valence-electron chi connectivity index (χ2n) is 6.87. The zero-order chi connectivity index (χ0) is 16.3. The van der Waals surface area contributed by atoms with Crippen LogP contribution in [-0.4, -0.2) is 28.9 Å². The largest absolute Gasteiger partial charge is 0.478 e. The fourth-order valence-corrected chi connectivity index (χ4v) is 3.41. The lowest BCUT2D eigenvalue weighted by atomic mass is 9.76. The highest BCUT2D eigenvalue weighted by Gasteiger charge is 2.39. The topological polar surface area (TPSA) is 57.6 Å². The van der Waals surface area contributed by atoms with Gasteiger partial charge in [-0.15, -0.1) is 0 Å². The van der Waals surface area contributed by atoms with Crippen LogP contribution in [0.25, 0.3) is 0 Å². The number of carbonyl (C=O) groups excluding carboxylic acids is 1. The number of carbonyl (C=O) groups is 2. The molecule has 1 aliphatic rings. The molecule has 2 rings (SSSR count). The number of amides is 1. The summed E-state index contributed by atoms with van der Waals surface area (Å²) in [7, 11) is 1.82. The molecule has 0 aromatic heterocycles. The van der Waals surface area contributed by atoms with Crippen molar-refractivity contribution in [2.24, 2.45) is 11.3 Å². The van der Waals surface area contributed by atoms with Crippen LogP contribution in [0.15, 0.2) is 24.3 Å². The predicted octanol–water partition coefficient (Wildman–Crippen LogP) is 3.56. The molecule has 0 radical (unpaired) electrons. The van der Waals surface area contributed by atoms with Gasteiger partial charge in [0.2, 0.25) is 5.91 Å². The predicted molar refractivity (Wildman–Crippen MR) is 85.6 cm³/mol. The van der Waals surface area contributed by atoms with Gasteiger partial charge in [-0.3, -0.25) is 4.79 Å². The molecular formula is C18H25NO3. The molecule has 0 saturated heterocycles. The van der Waals surface area contributed by atoms with Crippen molar-refractivity contribution in [1.29, 1.82) is 0 Å². The second-order valence-corrected chi connectivity index (χ2v) is 6.87. The van der Waals surface area contributed by atoms with Crippen molar-refractivity contribution in [1.82, 2.24) is 4.90 Å². The van der Waals surface area contributed by atoms with Crippen LogP contribution in [0.2, 0.25) is 0 Å². The summed E-state index contributed by atoms with van der Waals surface area (Å²) in [5.41, 5.74) is 0.888. The molecular weight excluding hydrogens is 278 g/mol. The molecule has 0 spiro atoms. The maximum atomic E-state index is 12.8. The van der Waals surface area contributed by atoms with E-state index in [-0.39, 0.29) is 16.9 Å². The molecule has 22 heavy (non-hydrogen) atoms. The minimum Gasteiger partial charge on any atom is -0.478 e. The van der Waals surface area contributed by atoms with Gasteiger partial charge >= 0.3 is 5.97 Å². The Morgan fingerprint density at radius 1 is 1.18 bits per heavy atom. The Labute approximate surface area is 132 Å². The first-order chi connectivity index (χ1) is 10.3. The van der Waals surface area contributed by atoms with E-state index in [1.165, 1.54) is 12.8 Å². The highest BCUT2D eigenvalue weighted by atomic mass is 16.4. The van der Waals surface area contributed by atoms with Crippen LogP contribution in [0.4, 0.5) is 0 Å². The van der Waals surface area contributed by atoms with Crippen LogP contribution in [0.1, 0.15) is 55.5 Å². The van der Waals surface area contributed by atoms with Crippen LogP contribution in [0.5, 0.6) is 0 Å². The van der Waals surface area contributed by atoms with Crippen molar-refractivity contribution in [2.45, 2.75) is 46.1 Å². The van der Waals surface area contributed by atoms with Gasteiger partial charge < -0.3 is 10.0 Å². The van der Waals surface area contributed by atoms with Crippen LogP contribution in [0.3, 0.4) is 0 Å². The maximum absolute atomic E-state index is 12.8. The lowest BCUT2D eigenvalue weighted by molar-refractivity contribution is -0.142. The zero-order valence-electron chi connectivity index (χ0n) is 13.6. The normalized spacial score (nSPS) is 15.8. The van der Waals surface area contributed by atoms with E-state index in [9.17, 15) is 9.59 Å². The molecule has 1 aromatic carbocycles. The van der Waals surface area contributed by atoms with Crippen molar-refractivity contribution >= 4 is 11.9 Å². The van der Waals surface area contributed by atoms with Gasteiger partial charge in [-0.1, -0.05) is 38.8 Å². The molecule has 4 heteroatoms. The Kier molecular flexibility index (Phi) is 4.89. The summed E-state index contributed by atoms with van der Waals surface area (Å²) in [6, 6.07) is 6.71. The SMILES string of the molecule is CN(Cc1ccc(C(=O)O)cc1)C(=O)C(C)(C)C1CCCC1. The zero-order valence-corrected chi connectivity index (χ0v) is 13.6. The molecule has 1 aliphatic carbocycles. The Morgan fingerprint density at radius 2 is 1.73 bits per heavy atom. The molecule has 1 aromatic rings.